The van der Waals surface area contributed by atoms with Crippen molar-refractivity contribution < 1.29 is 14.3 Å². The van der Waals surface area contributed by atoms with Gasteiger partial charge in [0, 0.05) is 43.4 Å². The zero-order valence-corrected chi connectivity index (χ0v) is 20.3. The van der Waals surface area contributed by atoms with Crippen molar-refractivity contribution in [2.24, 2.45) is 5.92 Å². The highest BCUT2D eigenvalue weighted by molar-refractivity contribution is 5.98. The van der Waals surface area contributed by atoms with Gasteiger partial charge in [-0.3, -0.25) is 14.5 Å². The van der Waals surface area contributed by atoms with Gasteiger partial charge in [-0.2, -0.15) is 0 Å². The second kappa shape index (κ2) is 8.32. The zero-order chi connectivity index (χ0) is 23.3. The van der Waals surface area contributed by atoms with Crippen molar-refractivity contribution in [3.8, 4) is 5.75 Å². The number of hydrogen-bond acceptors (Lipinski definition) is 4. The molecule has 6 heteroatoms. The second-order valence-electron chi connectivity index (χ2n) is 10.3. The molecule has 2 aliphatic heterocycles. The van der Waals surface area contributed by atoms with Gasteiger partial charge in [-0.1, -0.05) is 0 Å². The number of ether oxygens (including phenoxy) is 1. The average molecular weight is 450 g/mol. The number of fused-ring (bicyclic) bond motifs is 2. The molecular weight excluding hydrogens is 414 g/mol. The fraction of sp³-hybridized carbons (Fsp3) is 0.556. The van der Waals surface area contributed by atoms with E-state index in [-0.39, 0.29) is 23.5 Å². The fourth-order valence-corrected chi connectivity index (χ4v) is 5.61. The van der Waals surface area contributed by atoms with Crippen LogP contribution in [0.2, 0.25) is 0 Å². The molecule has 0 radical (unpaired) electrons. The highest BCUT2D eigenvalue weighted by Crippen LogP contribution is 2.43. The first-order chi connectivity index (χ1) is 15.8. The van der Waals surface area contributed by atoms with Crippen molar-refractivity contribution in [1.29, 1.82) is 0 Å². The molecule has 0 atom stereocenters. The summed E-state index contributed by atoms with van der Waals surface area (Å²) in [5, 5.41) is 0. The van der Waals surface area contributed by atoms with Crippen LogP contribution in [-0.2, 0) is 12.1 Å². The monoisotopic (exact) mass is 449 g/mol. The number of carbonyl (C=O) groups excluding carboxylic acids is 2. The van der Waals surface area contributed by atoms with Gasteiger partial charge in [0.25, 0.3) is 5.91 Å². The molecule has 1 spiro atoms. The van der Waals surface area contributed by atoms with Crippen LogP contribution >= 0.6 is 0 Å². The predicted molar refractivity (Wildman–Crippen MR) is 128 cm³/mol. The Labute approximate surface area is 196 Å². The van der Waals surface area contributed by atoms with Crippen molar-refractivity contribution in [3.05, 3.63) is 52.8 Å². The average Bonchev–Trinajstić information content (AvgIpc) is 3.56. The third-order valence-corrected chi connectivity index (χ3v) is 7.71. The van der Waals surface area contributed by atoms with E-state index in [1.165, 1.54) is 5.69 Å². The largest absolute Gasteiger partial charge is 0.491 e. The quantitative estimate of drug-likeness (QED) is 0.641. The van der Waals surface area contributed by atoms with Crippen LogP contribution in [0.15, 0.2) is 30.3 Å². The van der Waals surface area contributed by atoms with E-state index in [2.05, 4.69) is 22.6 Å². The maximum Gasteiger partial charge on any atom is 0.253 e. The maximum absolute atomic E-state index is 13.3. The van der Waals surface area contributed by atoms with Crippen molar-refractivity contribution >= 4 is 11.7 Å². The van der Waals surface area contributed by atoms with Gasteiger partial charge in [-0.25, -0.2) is 0 Å². The number of likely N-dealkylation sites (tertiary alicyclic amines) is 1. The van der Waals surface area contributed by atoms with Crippen molar-refractivity contribution in [1.82, 2.24) is 14.4 Å². The van der Waals surface area contributed by atoms with E-state index >= 15 is 0 Å². The lowest BCUT2D eigenvalue weighted by Gasteiger charge is -2.50. The third kappa shape index (κ3) is 3.88. The minimum Gasteiger partial charge on any atom is -0.491 e. The maximum atomic E-state index is 13.3. The Balaban J connectivity index is 1.33. The number of aryl methyl sites for hydroxylation is 1. The summed E-state index contributed by atoms with van der Waals surface area (Å²) >= 11 is 0. The molecule has 0 unspecified atom stereocenters. The van der Waals surface area contributed by atoms with Gasteiger partial charge in [0.05, 0.1) is 17.3 Å². The Kier molecular flexibility index (Phi) is 5.60. The number of likely N-dealkylation sites (N-methyl/N-ethyl adjacent to an activating group) is 1. The number of Topliss-reactive ketones (excluding diaryl/α,β-unsaturated/α-hetero) is 1. The number of ketones is 1. The summed E-state index contributed by atoms with van der Waals surface area (Å²) < 4.78 is 8.10. The normalized spacial score (nSPS) is 20.2. The first-order valence-corrected chi connectivity index (χ1v) is 12.3. The summed E-state index contributed by atoms with van der Waals surface area (Å²) in [4.78, 5) is 30.5. The molecule has 1 saturated carbocycles. The van der Waals surface area contributed by atoms with Crippen LogP contribution in [0, 0.1) is 12.8 Å². The molecule has 0 N–H and O–H groups in total. The lowest BCUT2D eigenvalue weighted by atomic mass is 9.81. The summed E-state index contributed by atoms with van der Waals surface area (Å²) in [5.41, 5.74) is 3.73. The van der Waals surface area contributed by atoms with Crippen molar-refractivity contribution in [3.63, 3.8) is 0 Å². The number of benzene rings is 1. The Bertz CT molecular complexity index is 1070. The van der Waals surface area contributed by atoms with Gasteiger partial charge in [0.2, 0.25) is 0 Å². The summed E-state index contributed by atoms with van der Waals surface area (Å²) in [6.45, 7) is 9.22. The standard InChI is InChI=1S/C27H35N3O3/c1-18(2)33-23-9-7-21(17-19(23)3)26(32)29-13-11-27(12-14-29)24-10-8-22(25(31)20-5-6-20)30(24)16-15-28(27)4/h7-10,17-18,20H,5-6,11-16H2,1-4H3. The molecule has 2 fully saturated rings. The van der Waals surface area contributed by atoms with Gasteiger partial charge in [0.15, 0.2) is 5.78 Å². The number of aromatic nitrogens is 1. The fourth-order valence-electron chi connectivity index (χ4n) is 5.61. The van der Waals surface area contributed by atoms with Gasteiger partial charge >= 0.3 is 0 Å². The van der Waals surface area contributed by atoms with Crippen LogP contribution < -0.4 is 4.74 Å². The Morgan fingerprint density at radius 3 is 2.39 bits per heavy atom. The highest BCUT2D eigenvalue weighted by Gasteiger charge is 2.46. The minimum absolute atomic E-state index is 0.0856. The molecule has 3 aliphatic rings. The first-order valence-electron chi connectivity index (χ1n) is 12.3. The van der Waals surface area contributed by atoms with E-state index < -0.39 is 0 Å². The Hall–Kier alpha value is -2.60. The van der Waals surface area contributed by atoms with E-state index in [0.29, 0.717) is 18.9 Å². The Morgan fingerprint density at radius 1 is 1.03 bits per heavy atom. The predicted octanol–water partition coefficient (Wildman–Crippen LogP) is 4.25. The van der Waals surface area contributed by atoms with Crippen molar-refractivity contribution in [2.75, 3.05) is 26.7 Å². The van der Waals surface area contributed by atoms with E-state index in [0.717, 1.165) is 61.3 Å². The molecule has 5 rings (SSSR count). The van der Waals surface area contributed by atoms with Crippen LogP contribution in [-0.4, -0.2) is 58.8 Å². The van der Waals surface area contributed by atoms with E-state index in [1.807, 2.05) is 49.9 Å². The number of nitrogens with zero attached hydrogens (tertiary/aromatic N) is 3. The second-order valence-corrected chi connectivity index (χ2v) is 10.3. The minimum atomic E-state index is -0.109. The van der Waals surface area contributed by atoms with E-state index in [1.54, 1.807) is 0 Å². The van der Waals surface area contributed by atoms with Crippen LogP contribution in [0.3, 0.4) is 0 Å². The Morgan fingerprint density at radius 2 is 1.76 bits per heavy atom. The molecule has 1 aromatic heterocycles. The number of amides is 1. The molecule has 33 heavy (non-hydrogen) atoms. The summed E-state index contributed by atoms with van der Waals surface area (Å²) in [5.74, 6) is 1.47. The summed E-state index contributed by atoms with van der Waals surface area (Å²) in [6.07, 6.45) is 3.93. The third-order valence-electron chi connectivity index (χ3n) is 7.71. The molecule has 176 valence electrons. The molecule has 1 amide bonds. The zero-order valence-electron chi connectivity index (χ0n) is 20.3. The van der Waals surface area contributed by atoms with E-state index in [9.17, 15) is 9.59 Å². The van der Waals surface area contributed by atoms with Gasteiger partial charge in [-0.15, -0.1) is 0 Å². The summed E-state index contributed by atoms with van der Waals surface area (Å²) in [6, 6.07) is 9.94. The molecule has 6 nitrogen and oxygen atoms in total. The van der Waals surface area contributed by atoms with Crippen LogP contribution in [0.5, 0.6) is 5.75 Å². The van der Waals surface area contributed by atoms with E-state index in [4.69, 9.17) is 4.74 Å². The van der Waals surface area contributed by atoms with Crippen molar-refractivity contribution in [2.45, 2.75) is 64.6 Å². The molecule has 0 bridgehead atoms. The molecule has 3 heterocycles. The lowest BCUT2D eigenvalue weighted by Crippen LogP contribution is -2.56. The summed E-state index contributed by atoms with van der Waals surface area (Å²) in [7, 11) is 2.19. The number of piperidine rings is 1. The first kappa shape index (κ1) is 22.2. The van der Waals surface area contributed by atoms with Gasteiger partial charge in [0.1, 0.15) is 5.75 Å². The van der Waals surface area contributed by atoms with Crippen LogP contribution in [0.1, 0.15) is 71.6 Å². The molecule has 1 aliphatic carbocycles. The van der Waals surface area contributed by atoms with Crippen LogP contribution in [0.25, 0.3) is 0 Å². The van der Waals surface area contributed by atoms with Crippen LogP contribution in [0.4, 0.5) is 0 Å². The topological polar surface area (TPSA) is 54.8 Å². The molecule has 1 saturated heterocycles. The molecular formula is C27H35N3O3. The SMILES string of the molecule is Cc1cc(C(=O)N2CCC3(CC2)c2ccc(C(=O)C4CC4)n2CCN3C)ccc1OC(C)C. The lowest BCUT2D eigenvalue weighted by molar-refractivity contribution is 0.0127. The van der Waals surface area contributed by atoms with Gasteiger partial charge in [-0.05, 0) is 89.4 Å². The number of rotatable bonds is 5. The number of carbonyl (C=O) groups is 2. The number of hydrogen-bond donors (Lipinski definition) is 0. The molecule has 2 aromatic rings. The smallest absolute Gasteiger partial charge is 0.253 e. The highest BCUT2D eigenvalue weighted by atomic mass is 16.5. The molecule has 1 aromatic carbocycles. The van der Waals surface area contributed by atoms with Gasteiger partial charge < -0.3 is 14.2 Å².